The topological polar surface area (TPSA) is 59.9 Å². The van der Waals surface area contributed by atoms with Gasteiger partial charge in [0, 0.05) is 18.2 Å². The molecule has 5 nitrogen and oxygen atoms in total. The average Bonchev–Trinajstić information content (AvgIpc) is 2.48. The van der Waals surface area contributed by atoms with Gasteiger partial charge < -0.3 is 10.1 Å². The molecule has 0 aliphatic carbocycles. The van der Waals surface area contributed by atoms with E-state index in [2.05, 4.69) is 41.0 Å². The SMILES string of the molecule is CCNCc1nc(C(C)C)ncc1Oc1ccc(C)nc1. The molecule has 0 aromatic carbocycles. The molecule has 2 heterocycles. The van der Waals surface area contributed by atoms with Gasteiger partial charge in [-0.05, 0) is 25.6 Å². The molecular weight excluding hydrogens is 264 g/mol. The van der Waals surface area contributed by atoms with Gasteiger partial charge in [-0.1, -0.05) is 20.8 Å². The number of rotatable bonds is 6. The van der Waals surface area contributed by atoms with E-state index in [-0.39, 0.29) is 0 Å². The maximum Gasteiger partial charge on any atom is 0.168 e. The first kappa shape index (κ1) is 15.4. The fourth-order valence-electron chi connectivity index (χ4n) is 1.80. The number of ether oxygens (including phenoxy) is 1. The van der Waals surface area contributed by atoms with Crippen molar-refractivity contribution in [3.63, 3.8) is 0 Å². The van der Waals surface area contributed by atoms with Crippen LogP contribution >= 0.6 is 0 Å². The lowest BCUT2D eigenvalue weighted by atomic mass is 10.2. The van der Waals surface area contributed by atoms with Crippen molar-refractivity contribution in [3.8, 4) is 11.5 Å². The lowest BCUT2D eigenvalue weighted by Gasteiger charge is -2.13. The van der Waals surface area contributed by atoms with Gasteiger partial charge in [0.25, 0.3) is 0 Å². The summed E-state index contributed by atoms with van der Waals surface area (Å²) in [7, 11) is 0. The predicted molar refractivity (Wildman–Crippen MR) is 82.5 cm³/mol. The van der Waals surface area contributed by atoms with Crippen LogP contribution in [0.15, 0.2) is 24.5 Å². The first-order chi connectivity index (χ1) is 10.1. The lowest BCUT2D eigenvalue weighted by Crippen LogP contribution is -2.15. The highest BCUT2D eigenvalue weighted by Crippen LogP contribution is 2.24. The van der Waals surface area contributed by atoms with Crippen LogP contribution in [0.1, 0.15) is 43.9 Å². The molecule has 0 saturated carbocycles. The van der Waals surface area contributed by atoms with Crippen molar-refractivity contribution < 1.29 is 4.74 Å². The predicted octanol–water partition coefficient (Wildman–Crippen LogP) is 3.21. The molecule has 5 heteroatoms. The molecule has 0 saturated heterocycles. The third-order valence-electron chi connectivity index (χ3n) is 3.02. The third-order valence-corrected chi connectivity index (χ3v) is 3.02. The van der Waals surface area contributed by atoms with Gasteiger partial charge in [-0.25, -0.2) is 9.97 Å². The molecule has 0 aliphatic rings. The number of hydrogen-bond donors (Lipinski definition) is 1. The minimum atomic E-state index is 0.292. The fourth-order valence-corrected chi connectivity index (χ4v) is 1.80. The van der Waals surface area contributed by atoms with Crippen LogP contribution in [0.25, 0.3) is 0 Å². The third kappa shape index (κ3) is 4.23. The van der Waals surface area contributed by atoms with Gasteiger partial charge in [0.2, 0.25) is 0 Å². The van der Waals surface area contributed by atoms with Gasteiger partial charge in [0.1, 0.15) is 17.3 Å². The minimum Gasteiger partial charge on any atom is -0.452 e. The van der Waals surface area contributed by atoms with E-state index in [0.29, 0.717) is 24.0 Å². The summed E-state index contributed by atoms with van der Waals surface area (Å²) in [6.07, 6.45) is 3.46. The molecule has 2 aromatic heterocycles. The normalized spacial score (nSPS) is 10.9. The van der Waals surface area contributed by atoms with E-state index in [0.717, 1.165) is 23.8 Å². The second kappa shape index (κ2) is 7.13. The Morgan fingerprint density at radius 1 is 1.19 bits per heavy atom. The smallest absolute Gasteiger partial charge is 0.168 e. The Balaban J connectivity index is 2.25. The number of pyridine rings is 1. The van der Waals surface area contributed by atoms with Gasteiger partial charge in [0.15, 0.2) is 5.75 Å². The number of nitrogens with one attached hydrogen (secondary N) is 1. The summed E-state index contributed by atoms with van der Waals surface area (Å²) in [6.45, 7) is 9.71. The molecule has 0 aliphatic heterocycles. The molecular formula is C16H22N4O. The van der Waals surface area contributed by atoms with E-state index < -0.39 is 0 Å². The summed E-state index contributed by atoms with van der Waals surface area (Å²) in [4.78, 5) is 13.2. The van der Waals surface area contributed by atoms with E-state index in [1.807, 2.05) is 19.1 Å². The standard InChI is InChI=1S/C16H22N4O/c1-5-17-9-14-15(10-19-16(20-14)11(2)3)21-13-7-6-12(4)18-8-13/h6-8,10-11,17H,5,9H2,1-4H3. The number of aryl methyl sites for hydroxylation is 1. The maximum atomic E-state index is 5.87. The molecule has 0 fully saturated rings. The van der Waals surface area contributed by atoms with E-state index >= 15 is 0 Å². The largest absolute Gasteiger partial charge is 0.452 e. The summed E-state index contributed by atoms with van der Waals surface area (Å²) in [6, 6.07) is 3.82. The van der Waals surface area contributed by atoms with Gasteiger partial charge in [-0.3, -0.25) is 4.98 Å². The van der Waals surface area contributed by atoms with Crippen molar-refractivity contribution in [2.24, 2.45) is 0 Å². The zero-order valence-electron chi connectivity index (χ0n) is 13.1. The molecule has 0 radical (unpaired) electrons. The van der Waals surface area contributed by atoms with Crippen molar-refractivity contribution in [3.05, 3.63) is 41.7 Å². The first-order valence-corrected chi connectivity index (χ1v) is 7.27. The van der Waals surface area contributed by atoms with E-state index in [1.165, 1.54) is 0 Å². The summed E-state index contributed by atoms with van der Waals surface area (Å²) in [5.41, 5.74) is 1.83. The Morgan fingerprint density at radius 3 is 2.62 bits per heavy atom. The summed E-state index contributed by atoms with van der Waals surface area (Å²) in [5.74, 6) is 2.49. The van der Waals surface area contributed by atoms with Crippen LogP contribution in [-0.4, -0.2) is 21.5 Å². The molecule has 0 spiro atoms. The van der Waals surface area contributed by atoms with Crippen LogP contribution in [0.5, 0.6) is 11.5 Å². The number of hydrogen-bond acceptors (Lipinski definition) is 5. The second-order valence-corrected chi connectivity index (χ2v) is 5.21. The zero-order valence-corrected chi connectivity index (χ0v) is 13.1. The van der Waals surface area contributed by atoms with E-state index in [9.17, 15) is 0 Å². The molecule has 112 valence electrons. The van der Waals surface area contributed by atoms with Crippen LogP contribution in [0.4, 0.5) is 0 Å². The van der Waals surface area contributed by atoms with Crippen LogP contribution < -0.4 is 10.1 Å². The van der Waals surface area contributed by atoms with Crippen molar-refractivity contribution in [2.75, 3.05) is 6.54 Å². The van der Waals surface area contributed by atoms with Crippen LogP contribution in [0, 0.1) is 6.92 Å². The Morgan fingerprint density at radius 2 is 2.00 bits per heavy atom. The molecule has 1 N–H and O–H groups in total. The molecule has 0 bridgehead atoms. The molecule has 2 rings (SSSR count). The molecule has 0 atom stereocenters. The van der Waals surface area contributed by atoms with Gasteiger partial charge in [-0.2, -0.15) is 0 Å². The summed E-state index contributed by atoms with van der Waals surface area (Å²) < 4.78 is 5.87. The van der Waals surface area contributed by atoms with Crippen molar-refractivity contribution >= 4 is 0 Å². The van der Waals surface area contributed by atoms with Crippen molar-refractivity contribution in [1.29, 1.82) is 0 Å². The van der Waals surface area contributed by atoms with Crippen LogP contribution in [0.3, 0.4) is 0 Å². The van der Waals surface area contributed by atoms with Gasteiger partial charge in [-0.15, -0.1) is 0 Å². The van der Waals surface area contributed by atoms with Gasteiger partial charge in [0.05, 0.1) is 12.4 Å². The Hall–Kier alpha value is -2.01. The molecule has 0 amide bonds. The Bertz CT molecular complexity index is 581. The Labute approximate surface area is 125 Å². The quantitative estimate of drug-likeness (QED) is 0.883. The van der Waals surface area contributed by atoms with Crippen LogP contribution in [-0.2, 0) is 6.54 Å². The highest BCUT2D eigenvalue weighted by Gasteiger charge is 2.11. The second-order valence-electron chi connectivity index (χ2n) is 5.21. The molecule has 2 aromatic rings. The van der Waals surface area contributed by atoms with Crippen LogP contribution in [0.2, 0.25) is 0 Å². The number of aromatic nitrogens is 3. The summed E-state index contributed by atoms with van der Waals surface area (Å²) in [5, 5.41) is 3.28. The maximum absolute atomic E-state index is 5.87. The highest BCUT2D eigenvalue weighted by molar-refractivity contribution is 5.32. The molecule has 0 unspecified atom stereocenters. The van der Waals surface area contributed by atoms with Crippen molar-refractivity contribution in [1.82, 2.24) is 20.3 Å². The lowest BCUT2D eigenvalue weighted by molar-refractivity contribution is 0.461. The van der Waals surface area contributed by atoms with E-state index in [4.69, 9.17) is 4.74 Å². The fraction of sp³-hybridized carbons (Fsp3) is 0.438. The minimum absolute atomic E-state index is 0.292. The molecule has 21 heavy (non-hydrogen) atoms. The summed E-state index contributed by atoms with van der Waals surface area (Å²) >= 11 is 0. The Kier molecular flexibility index (Phi) is 5.22. The zero-order chi connectivity index (χ0) is 15.2. The van der Waals surface area contributed by atoms with Crippen molar-refractivity contribution in [2.45, 2.75) is 40.2 Å². The first-order valence-electron chi connectivity index (χ1n) is 7.27. The monoisotopic (exact) mass is 286 g/mol. The van der Waals surface area contributed by atoms with Gasteiger partial charge >= 0.3 is 0 Å². The van der Waals surface area contributed by atoms with E-state index in [1.54, 1.807) is 12.4 Å². The average molecular weight is 286 g/mol. The highest BCUT2D eigenvalue weighted by atomic mass is 16.5. The number of nitrogens with zero attached hydrogens (tertiary/aromatic N) is 3.